The number of fused-ring (bicyclic) bond motifs is 2. The van der Waals surface area contributed by atoms with Crippen LogP contribution >= 0.6 is 0 Å². The van der Waals surface area contributed by atoms with E-state index in [1.54, 1.807) is 43.3 Å². The molecule has 0 unspecified atom stereocenters. The van der Waals surface area contributed by atoms with Crippen LogP contribution in [0.1, 0.15) is 129 Å². The summed E-state index contributed by atoms with van der Waals surface area (Å²) in [6, 6.07) is 15.2. The Morgan fingerprint density at radius 1 is 0.717 bits per heavy atom. The number of carbonyl (C=O) groups excluding carboxylic acids is 6. The SMILES string of the molecule is C.CC1(C(=O)Nc2cccc(C(N)=O)c2N)CCCC1.CC1(c2nc3c(C(N)=O)cccc3[nH]2)CCCC1.C[C@]12CCCN1C(=O)OC2=O.NC(=O)c1cccc(N)c1N. The molecule has 14 N–H and O–H groups in total. The number of para-hydroxylation sites is 3. The largest absolute Gasteiger partial charge is 0.418 e. The number of hydrogen-bond donors (Lipinski definition) is 8. The monoisotopic (exact) mass is 826 g/mol. The third kappa shape index (κ3) is 9.62. The van der Waals surface area contributed by atoms with Crippen molar-refractivity contribution in [1.82, 2.24) is 14.9 Å². The van der Waals surface area contributed by atoms with E-state index in [2.05, 4.69) is 26.9 Å². The summed E-state index contributed by atoms with van der Waals surface area (Å²) in [5, 5.41) is 2.82. The minimum Gasteiger partial charge on any atom is -0.397 e. The fourth-order valence-corrected chi connectivity index (χ4v) is 7.96. The topological polar surface area (TPSA) is 312 Å². The van der Waals surface area contributed by atoms with E-state index in [0.717, 1.165) is 62.7 Å². The molecule has 2 aliphatic heterocycles. The minimum absolute atomic E-state index is 0. The summed E-state index contributed by atoms with van der Waals surface area (Å²) in [6.07, 6.45) is 9.86. The van der Waals surface area contributed by atoms with Gasteiger partial charge in [0, 0.05) is 17.4 Å². The van der Waals surface area contributed by atoms with Crippen molar-refractivity contribution in [3.63, 3.8) is 0 Å². The number of rotatable bonds is 6. The number of primary amides is 3. The van der Waals surface area contributed by atoms with Crippen LogP contribution in [0.15, 0.2) is 54.6 Å². The van der Waals surface area contributed by atoms with Crippen LogP contribution in [0.3, 0.4) is 0 Å². The molecule has 3 heterocycles. The van der Waals surface area contributed by atoms with Crippen molar-refractivity contribution in [3.05, 3.63) is 77.1 Å². The second-order valence-corrected chi connectivity index (χ2v) is 16.1. The van der Waals surface area contributed by atoms with E-state index < -0.39 is 29.4 Å². The van der Waals surface area contributed by atoms with Gasteiger partial charge in [-0.15, -0.1) is 0 Å². The van der Waals surface area contributed by atoms with Gasteiger partial charge in [0.2, 0.25) is 5.91 Å². The molecule has 2 aliphatic carbocycles. The lowest BCUT2D eigenvalue weighted by Crippen LogP contribution is -2.41. The number of aromatic nitrogens is 2. The number of nitrogens with two attached hydrogens (primary N) is 6. The number of esters is 1. The van der Waals surface area contributed by atoms with Crippen molar-refractivity contribution in [3.8, 4) is 0 Å². The molecule has 2 saturated heterocycles. The number of hydrogen-bond acceptors (Lipinski definition) is 11. The van der Waals surface area contributed by atoms with E-state index in [9.17, 15) is 28.8 Å². The van der Waals surface area contributed by atoms with Gasteiger partial charge in [-0.1, -0.05) is 65.2 Å². The van der Waals surface area contributed by atoms with Gasteiger partial charge in [-0.25, -0.2) is 14.6 Å². The molecule has 17 heteroatoms. The van der Waals surface area contributed by atoms with Gasteiger partial charge in [0.15, 0.2) is 0 Å². The van der Waals surface area contributed by atoms with Crippen LogP contribution < -0.4 is 39.7 Å². The van der Waals surface area contributed by atoms with E-state index in [1.165, 1.54) is 23.8 Å². The van der Waals surface area contributed by atoms with Gasteiger partial charge in [-0.3, -0.25) is 24.1 Å². The highest BCUT2D eigenvalue weighted by molar-refractivity contribution is 6.05. The number of nitrogens with one attached hydrogen (secondary N) is 2. The summed E-state index contributed by atoms with van der Waals surface area (Å²) in [6.45, 7) is 6.61. The fourth-order valence-electron chi connectivity index (χ4n) is 7.96. The molecular formula is C43H58N10O7. The number of H-pyrrole nitrogens is 1. The number of anilines is 4. The second-order valence-electron chi connectivity index (χ2n) is 16.1. The molecule has 5 amide bonds. The molecule has 0 spiro atoms. The first-order chi connectivity index (χ1) is 27.8. The lowest BCUT2D eigenvalue weighted by Gasteiger charge is -2.23. The Hall–Kier alpha value is -6.65. The van der Waals surface area contributed by atoms with Crippen molar-refractivity contribution >= 4 is 69.5 Å². The number of nitrogen functional groups attached to an aromatic ring is 3. The fraction of sp³-hybridized carbons (Fsp3) is 0.419. The first-order valence-corrected chi connectivity index (χ1v) is 19.6. The minimum atomic E-state index is -0.642. The lowest BCUT2D eigenvalue weighted by atomic mass is 9.87. The number of imidazole rings is 1. The van der Waals surface area contributed by atoms with E-state index in [0.29, 0.717) is 29.0 Å². The van der Waals surface area contributed by atoms with Crippen LogP contribution in [0.25, 0.3) is 11.0 Å². The molecule has 0 radical (unpaired) electrons. The Bertz CT molecular complexity index is 2280. The van der Waals surface area contributed by atoms with E-state index in [-0.39, 0.29) is 52.6 Å². The molecule has 8 rings (SSSR count). The van der Waals surface area contributed by atoms with Crippen molar-refractivity contribution in [2.24, 2.45) is 22.6 Å². The van der Waals surface area contributed by atoms with E-state index >= 15 is 0 Å². The van der Waals surface area contributed by atoms with Crippen LogP contribution in [0, 0.1) is 5.41 Å². The van der Waals surface area contributed by atoms with Gasteiger partial charge in [0.1, 0.15) is 16.9 Å². The Morgan fingerprint density at radius 2 is 1.25 bits per heavy atom. The number of nitrogens with zero attached hydrogens (tertiary/aromatic N) is 2. The average Bonchev–Trinajstić information content (AvgIpc) is 4.03. The number of cyclic esters (lactones) is 2. The van der Waals surface area contributed by atoms with Crippen LogP contribution in [0.5, 0.6) is 0 Å². The predicted molar refractivity (Wildman–Crippen MR) is 231 cm³/mol. The van der Waals surface area contributed by atoms with Gasteiger partial charge in [0.05, 0.1) is 45.0 Å². The summed E-state index contributed by atoms with van der Waals surface area (Å²) >= 11 is 0. The molecule has 60 heavy (non-hydrogen) atoms. The summed E-state index contributed by atoms with van der Waals surface area (Å²) in [5.74, 6) is -1.02. The first-order valence-electron chi connectivity index (χ1n) is 19.6. The third-order valence-electron chi connectivity index (χ3n) is 11.8. The molecule has 4 aliphatic rings. The van der Waals surface area contributed by atoms with Crippen LogP contribution in [-0.4, -0.2) is 62.6 Å². The summed E-state index contributed by atoms with van der Waals surface area (Å²) in [4.78, 5) is 77.1. The van der Waals surface area contributed by atoms with Gasteiger partial charge in [0.25, 0.3) is 17.7 Å². The van der Waals surface area contributed by atoms with Crippen molar-refractivity contribution in [1.29, 1.82) is 0 Å². The second kappa shape index (κ2) is 18.5. The number of amides is 5. The lowest BCUT2D eigenvalue weighted by molar-refractivity contribution is -0.139. The normalized spacial score (nSPS) is 19.2. The molecule has 4 aromatic rings. The van der Waals surface area contributed by atoms with Gasteiger partial charge in [-0.2, -0.15) is 0 Å². The molecule has 1 atom stereocenters. The summed E-state index contributed by atoms with van der Waals surface area (Å²) in [5.41, 5.74) is 35.4. The predicted octanol–water partition coefficient (Wildman–Crippen LogP) is 5.48. The highest BCUT2D eigenvalue weighted by Crippen LogP contribution is 2.41. The van der Waals surface area contributed by atoms with Crippen molar-refractivity contribution in [2.75, 3.05) is 29.1 Å². The Balaban J connectivity index is 0.000000181. The van der Waals surface area contributed by atoms with Crippen molar-refractivity contribution < 1.29 is 33.5 Å². The maximum Gasteiger partial charge on any atom is 0.418 e. The zero-order valence-corrected chi connectivity index (χ0v) is 33.7. The Labute approximate surface area is 349 Å². The molecule has 17 nitrogen and oxygen atoms in total. The quantitative estimate of drug-likeness (QED) is 0.0683. The van der Waals surface area contributed by atoms with Gasteiger partial charge < -0.3 is 49.4 Å². The number of benzene rings is 3. The highest BCUT2D eigenvalue weighted by atomic mass is 16.6. The zero-order valence-electron chi connectivity index (χ0n) is 33.7. The molecule has 0 bridgehead atoms. The first kappa shape index (κ1) is 46.0. The number of ether oxygens (including phenoxy) is 1. The maximum absolute atomic E-state index is 12.3. The van der Waals surface area contributed by atoms with Gasteiger partial charge in [-0.05, 0) is 81.8 Å². The third-order valence-corrected chi connectivity index (χ3v) is 11.8. The summed E-state index contributed by atoms with van der Waals surface area (Å²) < 4.78 is 4.48. The standard InChI is InChI=1S/C14H19N3O2.C14H17N3O.C7H9N3O.C7H9NO3.CH4/c1-14(7-2-3-8-14)13(19)17-10-6-4-5-9(11(10)15)12(16)18;1-14(7-2-3-8-14)13-16-10-6-4-5-9(12(15)18)11(10)17-13;8-5-3-1-2-4(6(5)9)7(10)11;1-7-3-2-4-8(7)6(10)11-5(7)9;/h4-6H,2-3,7-8,15H2,1H3,(H2,16,18)(H,17,19);4-6H,2-3,7-8H2,1H3,(H2,15,18)(H,16,17);1-3H,8-9H2,(H2,10,11);2-4H2,1H3;1H4/t;;;7-;/m...1./s1. The Kier molecular flexibility index (Phi) is 14.2. The molecule has 2 saturated carbocycles. The molecule has 322 valence electrons. The molecule has 3 aromatic carbocycles. The maximum atomic E-state index is 12.3. The smallest absolute Gasteiger partial charge is 0.397 e. The number of aromatic amines is 1. The molecule has 1 aromatic heterocycles. The molecule has 4 fully saturated rings. The zero-order chi connectivity index (χ0) is 43.3. The van der Waals surface area contributed by atoms with E-state index in [1.807, 2.05) is 19.1 Å². The average molecular weight is 827 g/mol. The summed E-state index contributed by atoms with van der Waals surface area (Å²) in [7, 11) is 0. The molecular weight excluding hydrogens is 769 g/mol. The number of carbonyl (C=O) groups is 6. The van der Waals surface area contributed by atoms with E-state index in [4.69, 9.17) is 34.4 Å². The Morgan fingerprint density at radius 3 is 1.82 bits per heavy atom. The van der Waals surface area contributed by atoms with Crippen molar-refractivity contribution in [2.45, 2.75) is 103 Å². The van der Waals surface area contributed by atoms with Crippen LogP contribution in [-0.2, 0) is 19.7 Å². The van der Waals surface area contributed by atoms with Crippen LogP contribution in [0.4, 0.5) is 27.5 Å². The van der Waals surface area contributed by atoms with Crippen LogP contribution in [0.2, 0.25) is 0 Å². The highest BCUT2D eigenvalue weighted by Gasteiger charge is 2.54. The van der Waals surface area contributed by atoms with Gasteiger partial charge >= 0.3 is 12.1 Å².